The number of aromatic amines is 2. The van der Waals surface area contributed by atoms with Crippen LogP contribution in [0.3, 0.4) is 0 Å². The molecule has 124 valence electrons. The largest absolute Gasteiger partial charge is 0.360 e. The van der Waals surface area contributed by atoms with Gasteiger partial charge in [-0.25, -0.2) is 0 Å². The summed E-state index contributed by atoms with van der Waals surface area (Å²) in [6.07, 6.45) is 6.18. The monoisotopic (exact) mass is 332 g/mol. The lowest BCUT2D eigenvalue weighted by atomic mass is 9.94. The smallest absolute Gasteiger partial charge is 0.216 e. The van der Waals surface area contributed by atoms with Gasteiger partial charge in [0, 0.05) is 28.7 Å². The first-order chi connectivity index (χ1) is 12.3. The molecule has 0 bridgehead atoms. The molecule has 2 aromatic heterocycles. The second-order valence-corrected chi connectivity index (χ2v) is 5.86. The first-order valence-corrected chi connectivity index (χ1v) is 8.12. The molecule has 8 nitrogen and oxygen atoms in total. The van der Waals surface area contributed by atoms with Crippen molar-refractivity contribution < 1.29 is 0 Å². The molecule has 8 heteroatoms. The van der Waals surface area contributed by atoms with E-state index in [1.807, 2.05) is 30.3 Å². The van der Waals surface area contributed by atoms with E-state index in [1.165, 1.54) is 24.1 Å². The van der Waals surface area contributed by atoms with Crippen molar-refractivity contribution in [2.75, 3.05) is 5.32 Å². The van der Waals surface area contributed by atoms with Gasteiger partial charge in [-0.15, -0.1) is 10.2 Å². The molecule has 0 spiro atoms. The van der Waals surface area contributed by atoms with E-state index in [0.717, 1.165) is 29.8 Å². The van der Waals surface area contributed by atoms with Crippen molar-refractivity contribution in [2.24, 2.45) is 0 Å². The van der Waals surface area contributed by atoms with E-state index in [0.29, 0.717) is 5.57 Å². The number of tetrazole rings is 1. The highest BCUT2D eigenvalue weighted by Gasteiger charge is 2.17. The molecule has 0 aliphatic heterocycles. The Labute approximate surface area is 144 Å². The third-order valence-electron chi connectivity index (χ3n) is 4.30. The number of nitrogens with one attached hydrogen (secondary N) is 3. The first kappa shape index (κ1) is 15.1. The molecule has 1 aliphatic rings. The fourth-order valence-corrected chi connectivity index (χ4v) is 3.02. The lowest BCUT2D eigenvalue weighted by Gasteiger charge is -2.11. The van der Waals surface area contributed by atoms with Crippen LogP contribution in [0, 0.1) is 11.3 Å². The number of nitrogens with zero attached hydrogens (tertiary/aromatic N) is 5. The van der Waals surface area contributed by atoms with Gasteiger partial charge in [0.25, 0.3) is 0 Å². The van der Waals surface area contributed by atoms with Gasteiger partial charge in [-0.2, -0.15) is 15.6 Å². The molecule has 1 aromatic carbocycles. The maximum atomic E-state index is 9.17. The summed E-state index contributed by atoms with van der Waals surface area (Å²) >= 11 is 0. The maximum Gasteiger partial charge on any atom is 0.216 e. The SMILES string of the molecule is N#CC(=CNc1ccc(-c2n[nH]c3c2CCCC3)cc1)c1nn[nH]n1. The molecule has 0 radical (unpaired) electrons. The van der Waals surface area contributed by atoms with Gasteiger partial charge in [0.1, 0.15) is 11.6 Å². The van der Waals surface area contributed by atoms with Gasteiger partial charge in [0.2, 0.25) is 5.82 Å². The summed E-state index contributed by atoms with van der Waals surface area (Å²) in [6.45, 7) is 0. The van der Waals surface area contributed by atoms with Crippen LogP contribution in [0.4, 0.5) is 5.69 Å². The van der Waals surface area contributed by atoms with Gasteiger partial charge >= 0.3 is 0 Å². The lowest BCUT2D eigenvalue weighted by molar-refractivity contribution is 0.675. The van der Waals surface area contributed by atoms with Crippen molar-refractivity contribution in [3.8, 4) is 17.3 Å². The zero-order valence-electron chi connectivity index (χ0n) is 13.5. The lowest BCUT2D eigenvalue weighted by Crippen LogP contribution is -2.01. The van der Waals surface area contributed by atoms with Crippen molar-refractivity contribution >= 4 is 11.3 Å². The van der Waals surface area contributed by atoms with Crippen LogP contribution >= 0.6 is 0 Å². The van der Waals surface area contributed by atoms with Gasteiger partial charge in [-0.05, 0) is 43.0 Å². The fourth-order valence-electron chi connectivity index (χ4n) is 3.02. The summed E-state index contributed by atoms with van der Waals surface area (Å²) in [5, 5.41) is 33.3. The van der Waals surface area contributed by atoms with Crippen molar-refractivity contribution in [3.63, 3.8) is 0 Å². The topological polar surface area (TPSA) is 119 Å². The van der Waals surface area contributed by atoms with E-state index in [9.17, 15) is 0 Å². The summed E-state index contributed by atoms with van der Waals surface area (Å²) in [5.41, 5.74) is 5.92. The highest BCUT2D eigenvalue weighted by Crippen LogP contribution is 2.30. The van der Waals surface area contributed by atoms with Crippen LogP contribution in [0.5, 0.6) is 0 Å². The summed E-state index contributed by atoms with van der Waals surface area (Å²) in [7, 11) is 0. The van der Waals surface area contributed by atoms with Crippen LogP contribution in [0.2, 0.25) is 0 Å². The van der Waals surface area contributed by atoms with E-state index >= 15 is 0 Å². The third-order valence-corrected chi connectivity index (χ3v) is 4.30. The van der Waals surface area contributed by atoms with Gasteiger partial charge < -0.3 is 5.32 Å². The van der Waals surface area contributed by atoms with Gasteiger partial charge in [-0.1, -0.05) is 12.1 Å². The van der Waals surface area contributed by atoms with Crippen molar-refractivity contribution in [3.05, 3.63) is 47.5 Å². The summed E-state index contributed by atoms with van der Waals surface area (Å²) in [6, 6.07) is 10.0. The first-order valence-electron chi connectivity index (χ1n) is 8.12. The number of fused-ring (bicyclic) bond motifs is 1. The molecule has 2 heterocycles. The zero-order valence-corrected chi connectivity index (χ0v) is 13.5. The number of aromatic nitrogens is 6. The molecule has 0 unspecified atom stereocenters. The number of hydrogen-bond acceptors (Lipinski definition) is 6. The fraction of sp³-hybridized carbons (Fsp3) is 0.235. The molecular weight excluding hydrogens is 316 g/mol. The van der Waals surface area contributed by atoms with Gasteiger partial charge in [0.15, 0.2) is 0 Å². The molecule has 25 heavy (non-hydrogen) atoms. The number of aryl methyl sites for hydroxylation is 1. The molecule has 3 aromatic rings. The van der Waals surface area contributed by atoms with Crippen molar-refractivity contribution in [1.82, 2.24) is 30.8 Å². The Bertz CT molecular complexity index is 928. The minimum absolute atomic E-state index is 0.259. The standard InChI is InChI=1S/C17H16N8/c18-9-12(17-22-24-25-23-17)10-19-13-7-5-11(6-8-13)16-14-3-1-2-4-15(14)20-21-16/h5-8,10,19H,1-4H2,(H,20,21)(H,22,23,24,25). The van der Waals surface area contributed by atoms with Crippen molar-refractivity contribution in [1.29, 1.82) is 5.26 Å². The number of allylic oxidation sites excluding steroid dienone is 1. The van der Waals surface area contributed by atoms with Gasteiger partial charge in [0.05, 0.1) is 5.69 Å². The summed E-state index contributed by atoms with van der Waals surface area (Å²) in [4.78, 5) is 0. The molecule has 3 N–H and O–H groups in total. The Morgan fingerprint density at radius 3 is 2.76 bits per heavy atom. The van der Waals surface area contributed by atoms with Crippen LogP contribution in [0.25, 0.3) is 16.8 Å². The number of nitriles is 1. The molecule has 0 saturated carbocycles. The van der Waals surface area contributed by atoms with E-state index in [1.54, 1.807) is 6.20 Å². The van der Waals surface area contributed by atoms with Gasteiger partial charge in [-0.3, -0.25) is 5.10 Å². The number of anilines is 1. The molecule has 0 saturated heterocycles. The molecule has 0 atom stereocenters. The van der Waals surface area contributed by atoms with E-state index in [2.05, 4.69) is 36.1 Å². The number of H-pyrrole nitrogens is 2. The predicted molar refractivity (Wildman–Crippen MR) is 92.1 cm³/mol. The van der Waals surface area contributed by atoms with Crippen LogP contribution in [-0.2, 0) is 12.8 Å². The minimum atomic E-state index is 0.259. The average molecular weight is 332 g/mol. The highest BCUT2D eigenvalue weighted by molar-refractivity contribution is 5.74. The molecule has 0 amide bonds. The van der Waals surface area contributed by atoms with Crippen LogP contribution < -0.4 is 5.32 Å². The molecule has 1 aliphatic carbocycles. The number of rotatable bonds is 4. The Hall–Kier alpha value is -3.47. The maximum absolute atomic E-state index is 9.17. The zero-order chi connectivity index (χ0) is 17.1. The number of hydrogen-bond donors (Lipinski definition) is 3. The third kappa shape index (κ3) is 2.99. The molecule has 0 fully saturated rings. The highest BCUT2D eigenvalue weighted by atomic mass is 15.5. The number of benzene rings is 1. The summed E-state index contributed by atoms with van der Waals surface area (Å²) < 4.78 is 0. The minimum Gasteiger partial charge on any atom is -0.360 e. The Morgan fingerprint density at radius 1 is 1.16 bits per heavy atom. The Balaban J connectivity index is 1.53. The van der Waals surface area contributed by atoms with E-state index < -0.39 is 0 Å². The van der Waals surface area contributed by atoms with Crippen LogP contribution in [-0.4, -0.2) is 30.8 Å². The summed E-state index contributed by atoms with van der Waals surface area (Å²) in [5.74, 6) is 0.259. The second-order valence-electron chi connectivity index (χ2n) is 5.86. The normalized spacial score (nSPS) is 14.0. The second kappa shape index (κ2) is 6.57. The Kier molecular flexibility index (Phi) is 3.96. The predicted octanol–water partition coefficient (Wildman–Crippen LogP) is 2.45. The van der Waals surface area contributed by atoms with E-state index in [-0.39, 0.29) is 5.82 Å². The van der Waals surface area contributed by atoms with Crippen LogP contribution in [0.1, 0.15) is 29.9 Å². The average Bonchev–Trinajstić information content (AvgIpc) is 3.33. The van der Waals surface area contributed by atoms with Crippen molar-refractivity contribution in [2.45, 2.75) is 25.7 Å². The molecule has 4 rings (SSSR count). The molecular formula is C17H16N8. The van der Waals surface area contributed by atoms with E-state index in [4.69, 9.17) is 5.26 Å². The quantitative estimate of drug-likeness (QED) is 0.631. The Morgan fingerprint density at radius 2 is 2.00 bits per heavy atom. The van der Waals surface area contributed by atoms with Crippen LogP contribution in [0.15, 0.2) is 30.5 Å².